The highest BCUT2D eigenvalue weighted by Gasteiger charge is 2.13. The summed E-state index contributed by atoms with van der Waals surface area (Å²) in [6.07, 6.45) is 1.84. The third kappa shape index (κ3) is 3.62. The first kappa shape index (κ1) is 15.1. The summed E-state index contributed by atoms with van der Waals surface area (Å²) in [4.78, 5) is 0. The van der Waals surface area contributed by atoms with Gasteiger partial charge in [0, 0.05) is 30.0 Å². The third-order valence-corrected chi connectivity index (χ3v) is 3.83. The van der Waals surface area contributed by atoms with E-state index in [0.29, 0.717) is 18.2 Å². The second-order valence-corrected chi connectivity index (χ2v) is 5.55. The number of halogens is 1. The SMILES string of the molecule is C=CCn1c(SCCOC)nnc1-c1ccc(Cl)cc1. The van der Waals surface area contributed by atoms with Gasteiger partial charge in [-0.15, -0.1) is 16.8 Å². The van der Waals surface area contributed by atoms with E-state index in [1.54, 1.807) is 18.9 Å². The highest BCUT2D eigenvalue weighted by atomic mass is 35.5. The van der Waals surface area contributed by atoms with Crippen LogP contribution in [0.2, 0.25) is 5.02 Å². The van der Waals surface area contributed by atoms with E-state index in [2.05, 4.69) is 16.8 Å². The molecule has 0 atom stereocenters. The Bertz CT molecular complexity index is 568. The summed E-state index contributed by atoms with van der Waals surface area (Å²) >= 11 is 7.53. The molecule has 106 valence electrons. The molecule has 0 radical (unpaired) electrons. The number of aromatic nitrogens is 3. The highest BCUT2D eigenvalue weighted by molar-refractivity contribution is 7.99. The minimum Gasteiger partial charge on any atom is -0.384 e. The molecule has 0 aliphatic rings. The molecule has 0 fully saturated rings. The van der Waals surface area contributed by atoms with Gasteiger partial charge in [-0.3, -0.25) is 4.57 Å². The van der Waals surface area contributed by atoms with Gasteiger partial charge >= 0.3 is 0 Å². The summed E-state index contributed by atoms with van der Waals surface area (Å²) in [6, 6.07) is 7.58. The smallest absolute Gasteiger partial charge is 0.191 e. The van der Waals surface area contributed by atoms with Crippen molar-refractivity contribution in [1.29, 1.82) is 0 Å². The van der Waals surface area contributed by atoms with Gasteiger partial charge in [0.05, 0.1) is 6.61 Å². The molecule has 0 aliphatic carbocycles. The number of ether oxygens (including phenoxy) is 1. The Labute approximate surface area is 127 Å². The molecule has 20 heavy (non-hydrogen) atoms. The lowest BCUT2D eigenvalue weighted by Gasteiger charge is -2.07. The predicted octanol–water partition coefficient (Wildman–Crippen LogP) is 3.52. The Hall–Kier alpha value is -1.30. The molecule has 0 amide bonds. The van der Waals surface area contributed by atoms with Crippen molar-refractivity contribution in [3.05, 3.63) is 41.9 Å². The van der Waals surface area contributed by atoms with Crippen LogP contribution in [0.4, 0.5) is 0 Å². The maximum Gasteiger partial charge on any atom is 0.191 e. The third-order valence-electron chi connectivity index (χ3n) is 2.65. The molecule has 0 bridgehead atoms. The predicted molar refractivity (Wildman–Crippen MR) is 83.3 cm³/mol. The summed E-state index contributed by atoms with van der Waals surface area (Å²) < 4.78 is 7.09. The minimum absolute atomic E-state index is 0.667. The van der Waals surface area contributed by atoms with Crippen molar-refractivity contribution in [3.63, 3.8) is 0 Å². The molecular formula is C14H16ClN3OS. The molecular weight excluding hydrogens is 294 g/mol. The summed E-state index contributed by atoms with van der Waals surface area (Å²) in [7, 11) is 1.69. The van der Waals surface area contributed by atoms with E-state index in [0.717, 1.165) is 22.3 Å². The van der Waals surface area contributed by atoms with Gasteiger partial charge in [-0.25, -0.2) is 0 Å². The first-order valence-corrected chi connectivity index (χ1v) is 7.54. The Morgan fingerprint density at radius 1 is 1.35 bits per heavy atom. The van der Waals surface area contributed by atoms with Crippen molar-refractivity contribution in [3.8, 4) is 11.4 Å². The van der Waals surface area contributed by atoms with Crippen molar-refractivity contribution in [1.82, 2.24) is 14.8 Å². The van der Waals surface area contributed by atoms with Crippen LogP contribution in [0.5, 0.6) is 0 Å². The van der Waals surface area contributed by atoms with Crippen molar-refractivity contribution in [2.24, 2.45) is 0 Å². The average Bonchev–Trinajstić information content (AvgIpc) is 2.84. The fourth-order valence-corrected chi connectivity index (χ4v) is 2.69. The fourth-order valence-electron chi connectivity index (χ4n) is 1.72. The molecule has 1 aromatic heterocycles. The van der Waals surface area contributed by atoms with E-state index in [9.17, 15) is 0 Å². The first-order chi connectivity index (χ1) is 9.76. The van der Waals surface area contributed by atoms with Crippen LogP contribution >= 0.6 is 23.4 Å². The number of hydrogen-bond donors (Lipinski definition) is 0. The molecule has 1 aromatic carbocycles. The Kier molecular flexibility index (Phi) is 5.64. The van der Waals surface area contributed by atoms with Crippen LogP contribution in [0.15, 0.2) is 42.1 Å². The van der Waals surface area contributed by atoms with Gasteiger partial charge in [-0.05, 0) is 24.3 Å². The number of nitrogens with zero attached hydrogens (tertiary/aromatic N) is 3. The van der Waals surface area contributed by atoms with Crippen LogP contribution in [-0.2, 0) is 11.3 Å². The molecule has 0 saturated carbocycles. The lowest BCUT2D eigenvalue weighted by molar-refractivity contribution is 0.218. The molecule has 2 aromatic rings. The maximum atomic E-state index is 5.91. The van der Waals surface area contributed by atoms with Gasteiger partial charge < -0.3 is 4.74 Å². The van der Waals surface area contributed by atoms with Crippen LogP contribution in [0, 0.1) is 0 Å². The Morgan fingerprint density at radius 3 is 2.75 bits per heavy atom. The first-order valence-electron chi connectivity index (χ1n) is 6.18. The largest absolute Gasteiger partial charge is 0.384 e. The van der Waals surface area contributed by atoms with Crippen LogP contribution in [0.3, 0.4) is 0 Å². The van der Waals surface area contributed by atoms with E-state index < -0.39 is 0 Å². The molecule has 0 spiro atoms. The summed E-state index contributed by atoms with van der Waals surface area (Å²) in [5.74, 6) is 1.66. The van der Waals surface area contributed by atoms with E-state index in [4.69, 9.17) is 16.3 Å². The van der Waals surface area contributed by atoms with Crippen molar-refractivity contribution in [2.45, 2.75) is 11.7 Å². The van der Waals surface area contributed by atoms with Gasteiger partial charge in [-0.2, -0.15) is 0 Å². The van der Waals surface area contributed by atoms with Gasteiger partial charge in [-0.1, -0.05) is 29.4 Å². The number of rotatable bonds is 7. The number of methoxy groups -OCH3 is 1. The van der Waals surface area contributed by atoms with Gasteiger partial charge in [0.2, 0.25) is 0 Å². The van der Waals surface area contributed by atoms with Crippen LogP contribution in [0.25, 0.3) is 11.4 Å². The molecule has 6 heteroatoms. The van der Waals surface area contributed by atoms with Crippen LogP contribution in [0.1, 0.15) is 0 Å². The molecule has 1 heterocycles. The van der Waals surface area contributed by atoms with E-state index in [-0.39, 0.29) is 0 Å². The lowest BCUT2D eigenvalue weighted by Crippen LogP contribution is -2.02. The number of thioether (sulfide) groups is 1. The van der Waals surface area contributed by atoms with Crippen molar-refractivity contribution in [2.75, 3.05) is 19.5 Å². The van der Waals surface area contributed by atoms with Gasteiger partial charge in [0.25, 0.3) is 0 Å². The fraction of sp³-hybridized carbons (Fsp3) is 0.286. The maximum absolute atomic E-state index is 5.91. The molecule has 2 rings (SSSR count). The van der Waals surface area contributed by atoms with Gasteiger partial charge in [0.1, 0.15) is 0 Å². The van der Waals surface area contributed by atoms with E-state index in [1.807, 2.05) is 34.9 Å². The zero-order valence-corrected chi connectivity index (χ0v) is 12.8. The highest BCUT2D eigenvalue weighted by Crippen LogP contribution is 2.25. The minimum atomic E-state index is 0.667. The second kappa shape index (κ2) is 7.47. The zero-order valence-electron chi connectivity index (χ0n) is 11.3. The number of benzene rings is 1. The van der Waals surface area contributed by atoms with Crippen molar-refractivity contribution >= 4 is 23.4 Å². The monoisotopic (exact) mass is 309 g/mol. The average molecular weight is 310 g/mol. The molecule has 4 nitrogen and oxygen atoms in total. The zero-order chi connectivity index (χ0) is 14.4. The molecule has 0 saturated heterocycles. The topological polar surface area (TPSA) is 39.9 Å². The normalized spacial score (nSPS) is 10.7. The number of hydrogen-bond acceptors (Lipinski definition) is 4. The molecule has 0 unspecified atom stereocenters. The summed E-state index contributed by atoms with van der Waals surface area (Å²) in [5, 5.41) is 10.1. The van der Waals surface area contributed by atoms with Crippen LogP contribution < -0.4 is 0 Å². The van der Waals surface area contributed by atoms with E-state index in [1.165, 1.54) is 0 Å². The summed E-state index contributed by atoms with van der Waals surface area (Å²) in [6.45, 7) is 5.14. The molecule has 0 N–H and O–H groups in total. The lowest BCUT2D eigenvalue weighted by atomic mass is 10.2. The van der Waals surface area contributed by atoms with E-state index >= 15 is 0 Å². The Balaban J connectivity index is 2.28. The number of allylic oxidation sites excluding steroid dienone is 1. The van der Waals surface area contributed by atoms with Gasteiger partial charge in [0.15, 0.2) is 11.0 Å². The quantitative estimate of drug-likeness (QED) is 0.446. The van der Waals surface area contributed by atoms with Crippen molar-refractivity contribution < 1.29 is 4.74 Å². The molecule has 0 aliphatic heterocycles. The second-order valence-electron chi connectivity index (χ2n) is 4.05. The van der Waals surface area contributed by atoms with Crippen LogP contribution in [-0.4, -0.2) is 34.2 Å². The standard InChI is InChI=1S/C14H16ClN3OS/c1-3-8-18-13(11-4-6-12(15)7-5-11)16-17-14(18)20-10-9-19-2/h3-7H,1,8-10H2,2H3. The summed E-state index contributed by atoms with van der Waals surface area (Å²) in [5.41, 5.74) is 0.988. The Morgan fingerprint density at radius 2 is 2.10 bits per heavy atom.